The summed E-state index contributed by atoms with van der Waals surface area (Å²) in [6, 6.07) is 21.8. The fourth-order valence-corrected chi connectivity index (χ4v) is 3.68. The van der Waals surface area contributed by atoms with E-state index in [2.05, 4.69) is 36.3 Å². The number of hydrogen-bond donors (Lipinski definition) is 2. The summed E-state index contributed by atoms with van der Waals surface area (Å²) in [6.45, 7) is 8.51. The molecular weight excluding hydrogens is 412 g/mol. The highest BCUT2D eigenvalue weighted by atomic mass is 16.5. The monoisotopic (exact) mass is 446 g/mol. The third-order valence-electron chi connectivity index (χ3n) is 5.30. The van der Waals surface area contributed by atoms with Gasteiger partial charge in [-0.3, -0.25) is 9.78 Å². The van der Waals surface area contributed by atoms with Crippen molar-refractivity contribution in [2.45, 2.75) is 52.7 Å². The molecule has 0 aliphatic heterocycles. The van der Waals surface area contributed by atoms with Gasteiger partial charge in [0.05, 0.1) is 11.3 Å². The molecule has 3 aromatic rings. The van der Waals surface area contributed by atoms with Crippen molar-refractivity contribution in [1.82, 2.24) is 10.3 Å². The van der Waals surface area contributed by atoms with Crippen molar-refractivity contribution >= 4 is 5.91 Å². The van der Waals surface area contributed by atoms with E-state index in [1.54, 1.807) is 20.0 Å². The van der Waals surface area contributed by atoms with E-state index in [1.807, 2.05) is 54.6 Å². The number of aromatic nitrogens is 1. The highest BCUT2D eigenvalue weighted by Gasteiger charge is 2.20. The molecule has 0 bridgehead atoms. The zero-order chi connectivity index (χ0) is 23.9. The lowest BCUT2D eigenvalue weighted by molar-refractivity contribution is 0.0694. The normalized spacial score (nSPS) is 11.8. The van der Waals surface area contributed by atoms with Crippen LogP contribution in [0.25, 0.3) is 0 Å². The summed E-state index contributed by atoms with van der Waals surface area (Å²) in [5.41, 5.74) is 3.08. The van der Waals surface area contributed by atoms with Gasteiger partial charge in [-0.25, -0.2) is 0 Å². The number of nitrogens with one attached hydrogen (secondary N) is 1. The zero-order valence-electron chi connectivity index (χ0n) is 20.0. The molecule has 1 aromatic heterocycles. The minimum atomic E-state index is -0.928. The molecule has 33 heavy (non-hydrogen) atoms. The lowest BCUT2D eigenvalue weighted by Crippen LogP contribution is -2.38. The van der Waals surface area contributed by atoms with Gasteiger partial charge in [0.2, 0.25) is 0 Å². The molecule has 5 heteroatoms. The second-order valence-electron chi connectivity index (χ2n) is 9.96. The first-order valence-corrected chi connectivity index (χ1v) is 11.3. The van der Waals surface area contributed by atoms with Crippen molar-refractivity contribution < 1.29 is 14.6 Å². The summed E-state index contributed by atoms with van der Waals surface area (Å²) in [6.07, 6.45) is 3.60. The molecule has 0 spiro atoms. The molecule has 3 rings (SSSR count). The van der Waals surface area contributed by atoms with Crippen molar-refractivity contribution in [2.24, 2.45) is 5.41 Å². The van der Waals surface area contributed by atoms with Crippen LogP contribution in [0.4, 0.5) is 0 Å². The minimum absolute atomic E-state index is 0.0566. The van der Waals surface area contributed by atoms with Gasteiger partial charge >= 0.3 is 0 Å². The van der Waals surface area contributed by atoms with Gasteiger partial charge in [-0.05, 0) is 79.6 Å². The summed E-state index contributed by atoms with van der Waals surface area (Å²) >= 11 is 0. The van der Waals surface area contributed by atoms with Crippen LogP contribution in [0.15, 0.2) is 72.9 Å². The Morgan fingerprint density at radius 3 is 2.06 bits per heavy atom. The van der Waals surface area contributed by atoms with Crippen molar-refractivity contribution in [3.8, 4) is 5.75 Å². The molecule has 2 aromatic carbocycles. The summed E-state index contributed by atoms with van der Waals surface area (Å²) in [7, 11) is 0. The fraction of sp³-hybridized carbons (Fsp3) is 0.357. The van der Waals surface area contributed by atoms with E-state index in [-0.39, 0.29) is 17.9 Å². The van der Waals surface area contributed by atoms with Crippen molar-refractivity contribution in [3.63, 3.8) is 0 Å². The number of benzene rings is 2. The molecule has 0 saturated heterocycles. The number of rotatable bonds is 10. The number of pyridine rings is 1. The Bertz CT molecular complexity index is 1020. The van der Waals surface area contributed by atoms with Gasteiger partial charge in [0.1, 0.15) is 12.4 Å². The quantitative estimate of drug-likeness (QED) is 0.461. The van der Waals surface area contributed by atoms with Crippen LogP contribution in [0.3, 0.4) is 0 Å². The van der Waals surface area contributed by atoms with Gasteiger partial charge < -0.3 is 15.2 Å². The van der Waals surface area contributed by atoms with Gasteiger partial charge in [-0.1, -0.05) is 44.2 Å². The Kier molecular flexibility index (Phi) is 7.88. The predicted octanol–water partition coefficient (Wildman–Crippen LogP) is 4.97. The average molecular weight is 447 g/mol. The maximum atomic E-state index is 12.2. The lowest BCUT2D eigenvalue weighted by Gasteiger charge is -2.25. The molecule has 0 atom stereocenters. The Balaban J connectivity index is 1.52. The van der Waals surface area contributed by atoms with E-state index in [4.69, 9.17) is 4.74 Å². The molecule has 0 aliphatic rings. The number of aliphatic hydroxyl groups is 1. The van der Waals surface area contributed by atoms with Crippen molar-refractivity contribution in [3.05, 3.63) is 95.3 Å². The summed E-state index contributed by atoms with van der Waals surface area (Å²) in [4.78, 5) is 16.5. The minimum Gasteiger partial charge on any atom is -0.487 e. The number of carbonyl (C=O) groups is 1. The zero-order valence-corrected chi connectivity index (χ0v) is 20.0. The van der Waals surface area contributed by atoms with E-state index in [0.29, 0.717) is 12.2 Å². The number of hydrogen-bond acceptors (Lipinski definition) is 4. The number of amides is 1. The molecule has 0 saturated carbocycles. The van der Waals surface area contributed by atoms with E-state index in [0.717, 1.165) is 24.3 Å². The Hall–Kier alpha value is -3.18. The highest BCUT2D eigenvalue weighted by molar-refractivity contribution is 5.94. The standard InChI is InChI=1S/C28H34N2O3/c1-27(2,17-21-8-12-23(13-9-21)26(31)30-20-28(3,4)32)18-22-10-14-25(15-11-22)33-19-24-7-5-6-16-29-24/h5-16,32H,17-20H2,1-4H3,(H,30,31). The first kappa shape index (κ1) is 24.5. The summed E-state index contributed by atoms with van der Waals surface area (Å²) in [5.74, 6) is 0.661. The summed E-state index contributed by atoms with van der Waals surface area (Å²) < 4.78 is 5.83. The van der Waals surface area contributed by atoms with E-state index >= 15 is 0 Å². The average Bonchev–Trinajstić information content (AvgIpc) is 2.77. The van der Waals surface area contributed by atoms with Gasteiger partial charge in [-0.2, -0.15) is 0 Å². The Morgan fingerprint density at radius 2 is 1.52 bits per heavy atom. The third-order valence-corrected chi connectivity index (χ3v) is 5.30. The van der Waals surface area contributed by atoms with E-state index < -0.39 is 5.60 Å². The van der Waals surface area contributed by atoms with Gasteiger partial charge in [0.15, 0.2) is 0 Å². The molecule has 0 fully saturated rings. The van der Waals surface area contributed by atoms with Crippen molar-refractivity contribution in [2.75, 3.05) is 6.54 Å². The molecule has 0 aliphatic carbocycles. The molecule has 0 radical (unpaired) electrons. The smallest absolute Gasteiger partial charge is 0.251 e. The van der Waals surface area contributed by atoms with Crippen LogP contribution in [0, 0.1) is 5.41 Å². The molecule has 1 heterocycles. The van der Waals surface area contributed by atoms with Crippen molar-refractivity contribution in [1.29, 1.82) is 0 Å². The predicted molar refractivity (Wildman–Crippen MR) is 131 cm³/mol. The third kappa shape index (κ3) is 8.35. The van der Waals surface area contributed by atoms with Gasteiger partial charge in [-0.15, -0.1) is 0 Å². The molecular formula is C28H34N2O3. The Labute approximate surface area is 196 Å². The van der Waals surface area contributed by atoms with E-state index in [9.17, 15) is 9.90 Å². The van der Waals surface area contributed by atoms with Crippen LogP contribution in [0.2, 0.25) is 0 Å². The van der Waals surface area contributed by atoms with Gasteiger partial charge in [0, 0.05) is 18.3 Å². The van der Waals surface area contributed by atoms with Crippen LogP contribution >= 0.6 is 0 Å². The molecule has 5 nitrogen and oxygen atoms in total. The largest absolute Gasteiger partial charge is 0.487 e. The van der Waals surface area contributed by atoms with Crippen LogP contribution in [-0.4, -0.2) is 28.1 Å². The van der Waals surface area contributed by atoms with Crippen LogP contribution < -0.4 is 10.1 Å². The molecule has 1 amide bonds. The Morgan fingerprint density at radius 1 is 0.909 bits per heavy atom. The van der Waals surface area contributed by atoms with Crippen LogP contribution in [-0.2, 0) is 19.4 Å². The number of nitrogens with zero attached hydrogens (tertiary/aromatic N) is 1. The highest BCUT2D eigenvalue weighted by Crippen LogP contribution is 2.28. The number of ether oxygens (including phenoxy) is 1. The van der Waals surface area contributed by atoms with Crippen LogP contribution in [0.1, 0.15) is 54.9 Å². The maximum absolute atomic E-state index is 12.2. The molecule has 0 unspecified atom stereocenters. The second kappa shape index (κ2) is 10.6. The number of carbonyl (C=O) groups excluding carboxylic acids is 1. The molecule has 174 valence electrons. The second-order valence-corrected chi connectivity index (χ2v) is 9.96. The van der Waals surface area contributed by atoms with Crippen LogP contribution in [0.5, 0.6) is 5.75 Å². The SMILES string of the molecule is CC(C)(O)CNC(=O)c1ccc(CC(C)(C)Cc2ccc(OCc3ccccn3)cc2)cc1. The lowest BCUT2D eigenvalue weighted by atomic mass is 9.80. The summed E-state index contributed by atoms with van der Waals surface area (Å²) in [5, 5.41) is 12.5. The first-order chi connectivity index (χ1) is 15.6. The topological polar surface area (TPSA) is 71.5 Å². The fourth-order valence-electron chi connectivity index (χ4n) is 3.68. The van der Waals surface area contributed by atoms with Gasteiger partial charge in [0.25, 0.3) is 5.91 Å². The first-order valence-electron chi connectivity index (χ1n) is 11.3. The van der Waals surface area contributed by atoms with E-state index in [1.165, 1.54) is 11.1 Å². The maximum Gasteiger partial charge on any atom is 0.251 e. The molecule has 2 N–H and O–H groups in total.